The molecule has 0 radical (unpaired) electrons. The molecule has 1 unspecified atom stereocenters. The Morgan fingerprint density at radius 1 is 1.30 bits per heavy atom. The lowest BCUT2D eigenvalue weighted by atomic mass is 10.2. The molecule has 0 spiro atoms. The number of amides is 1. The van der Waals surface area contributed by atoms with Gasteiger partial charge >= 0.3 is 0 Å². The largest absolute Gasteiger partial charge is 0.487 e. The fourth-order valence-corrected chi connectivity index (χ4v) is 3.23. The van der Waals surface area contributed by atoms with E-state index >= 15 is 0 Å². The molecule has 8 nitrogen and oxygen atoms in total. The molecule has 0 saturated heterocycles. The molecule has 154 valence electrons. The van der Waals surface area contributed by atoms with Crippen molar-refractivity contribution < 1.29 is 18.3 Å². The summed E-state index contributed by atoms with van der Waals surface area (Å²) in [6.07, 6.45) is 2.94. The highest BCUT2D eigenvalue weighted by molar-refractivity contribution is 7.80. The van der Waals surface area contributed by atoms with Crippen molar-refractivity contribution in [3.8, 4) is 5.75 Å². The topological polar surface area (TPSA) is 85.2 Å². The van der Waals surface area contributed by atoms with Crippen molar-refractivity contribution in [2.75, 3.05) is 18.6 Å². The van der Waals surface area contributed by atoms with Gasteiger partial charge < -0.3 is 15.0 Å². The Morgan fingerprint density at radius 2 is 2.07 bits per heavy atom. The van der Waals surface area contributed by atoms with Crippen molar-refractivity contribution in [1.29, 1.82) is 0 Å². The minimum Gasteiger partial charge on any atom is -0.487 e. The zero-order chi connectivity index (χ0) is 21.3. The minimum atomic E-state index is -0.690. The van der Waals surface area contributed by atoms with Gasteiger partial charge in [0.15, 0.2) is 11.6 Å². The van der Waals surface area contributed by atoms with Crippen LogP contribution in [0.1, 0.15) is 16.2 Å². The fourth-order valence-electron chi connectivity index (χ4n) is 3.02. The number of anilines is 1. The number of fused-ring (bicyclic) bond motifs is 1. The summed E-state index contributed by atoms with van der Waals surface area (Å²) in [6, 6.07) is 6.07. The highest BCUT2D eigenvalue weighted by Gasteiger charge is 2.29. The Kier molecular flexibility index (Phi) is 5.36. The maximum atomic E-state index is 13.3. The maximum absolute atomic E-state index is 13.3. The van der Waals surface area contributed by atoms with E-state index in [1.807, 2.05) is 0 Å². The zero-order valence-corrected chi connectivity index (χ0v) is 16.6. The molecule has 4 rings (SSSR count). The Labute approximate surface area is 175 Å². The predicted molar refractivity (Wildman–Crippen MR) is 107 cm³/mol. The second-order valence-electron chi connectivity index (χ2n) is 6.60. The lowest BCUT2D eigenvalue weighted by molar-refractivity contribution is 0.0927. The minimum absolute atomic E-state index is 0.0592. The summed E-state index contributed by atoms with van der Waals surface area (Å²) in [7, 11) is 1.74. The molecule has 0 bridgehead atoms. The molecule has 1 aliphatic heterocycles. The number of carbonyl (C=O) groups excluding carboxylic acids is 1. The summed E-state index contributed by atoms with van der Waals surface area (Å²) < 4.78 is 33.7. The number of hydrogen-bond acceptors (Lipinski definition) is 6. The van der Waals surface area contributed by atoms with Crippen molar-refractivity contribution in [3.05, 3.63) is 65.9 Å². The monoisotopic (exact) mass is 430 g/mol. The van der Waals surface area contributed by atoms with E-state index in [1.54, 1.807) is 30.3 Å². The number of benzene rings is 1. The summed E-state index contributed by atoms with van der Waals surface area (Å²) in [4.78, 5) is 22.9. The first-order valence-electron chi connectivity index (χ1n) is 8.91. The number of carbonyl (C=O) groups is 1. The van der Waals surface area contributed by atoms with Gasteiger partial charge in [0.25, 0.3) is 5.91 Å². The smallest absolute Gasteiger partial charge is 0.291 e. The molecule has 1 aromatic carbocycles. The first-order valence-corrected chi connectivity index (χ1v) is 9.32. The molecule has 11 heteroatoms. The van der Waals surface area contributed by atoms with E-state index in [1.165, 1.54) is 23.1 Å². The number of halogens is 2. The quantitative estimate of drug-likeness (QED) is 0.634. The molecule has 1 aliphatic rings. The molecule has 1 atom stereocenters. The average molecular weight is 430 g/mol. The van der Waals surface area contributed by atoms with Crippen molar-refractivity contribution in [3.63, 3.8) is 0 Å². The standard InChI is InChI=1S/C19H16F2N6O2S/c1-26-17-15(3-2-4-22-17)29-9-14(19(26)30)24-18(28)16-23-10-27(25-16)8-11-5-12(20)7-13(21)6-11/h2-7,10,14H,8-9H2,1H3,(H,24,28). The Bertz CT molecular complexity index is 1100. The van der Waals surface area contributed by atoms with Gasteiger partial charge in [0.1, 0.15) is 35.6 Å². The van der Waals surface area contributed by atoms with Crippen LogP contribution in [0.2, 0.25) is 0 Å². The molecule has 30 heavy (non-hydrogen) atoms. The average Bonchev–Trinajstić information content (AvgIpc) is 3.13. The predicted octanol–water partition coefficient (Wildman–Crippen LogP) is 1.95. The number of aromatic nitrogens is 4. The number of likely N-dealkylation sites (N-methyl/N-ethyl adjacent to an activating group) is 1. The molecule has 0 saturated carbocycles. The summed E-state index contributed by atoms with van der Waals surface area (Å²) in [5.74, 6) is -0.915. The van der Waals surface area contributed by atoms with Crippen molar-refractivity contribution >= 4 is 28.9 Å². The van der Waals surface area contributed by atoms with E-state index < -0.39 is 23.6 Å². The van der Waals surface area contributed by atoms with Crippen LogP contribution in [0.4, 0.5) is 14.6 Å². The van der Waals surface area contributed by atoms with Crippen LogP contribution in [0, 0.1) is 11.6 Å². The van der Waals surface area contributed by atoms with Crippen molar-refractivity contribution in [2.45, 2.75) is 12.6 Å². The van der Waals surface area contributed by atoms with E-state index in [-0.39, 0.29) is 19.0 Å². The third-order valence-corrected chi connectivity index (χ3v) is 4.97. The molecular formula is C19H16F2N6O2S. The van der Waals surface area contributed by atoms with Crippen LogP contribution in [-0.2, 0) is 6.54 Å². The summed E-state index contributed by atoms with van der Waals surface area (Å²) in [6.45, 7) is 0.181. The molecule has 3 heterocycles. The third-order valence-electron chi connectivity index (χ3n) is 4.41. The second kappa shape index (κ2) is 8.11. The summed E-state index contributed by atoms with van der Waals surface area (Å²) in [5, 5.41) is 6.83. The Morgan fingerprint density at radius 3 is 2.83 bits per heavy atom. The van der Waals surface area contributed by atoms with Gasteiger partial charge in [-0.15, -0.1) is 5.10 Å². The number of nitrogens with one attached hydrogen (secondary N) is 1. The van der Waals surface area contributed by atoms with Gasteiger partial charge in [-0.3, -0.25) is 4.79 Å². The van der Waals surface area contributed by atoms with E-state index in [0.29, 0.717) is 22.1 Å². The van der Waals surface area contributed by atoms with Gasteiger partial charge in [-0.1, -0.05) is 12.2 Å². The molecule has 2 aromatic heterocycles. The van der Waals surface area contributed by atoms with Crippen LogP contribution >= 0.6 is 12.2 Å². The number of ether oxygens (including phenoxy) is 1. The Hall–Kier alpha value is -3.47. The molecule has 0 fully saturated rings. The Balaban J connectivity index is 1.45. The highest BCUT2D eigenvalue weighted by Crippen LogP contribution is 2.27. The molecule has 1 N–H and O–H groups in total. The summed E-state index contributed by atoms with van der Waals surface area (Å²) >= 11 is 5.47. The van der Waals surface area contributed by atoms with Gasteiger partial charge in [-0.2, -0.15) is 0 Å². The van der Waals surface area contributed by atoms with Crippen LogP contribution < -0.4 is 15.0 Å². The van der Waals surface area contributed by atoms with Gasteiger partial charge in [0.05, 0.1) is 6.54 Å². The fraction of sp³-hybridized carbons (Fsp3) is 0.211. The number of pyridine rings is 1. The van der Waals surface area contributed by atoms with Crippen LogP contribution in [-0.4, -0.2) is 50.3 Å². The molecule has 1 amide bonds. The first-order chi connectivity index (χ1) is 14.4. The van der Waals surface area contributed by atoms with Gasteiger partial charge in [0, 0.05) is 19.3 Å². The third kappa shape index (κ3) is 4.10. The zero-order valence-electron chi connectivity index (χ0n) is 15.7. The molecule has 3 aromatic rings. The number of nitrogens with zero attached hydrogens (tertiary/aromatic N) is 5. The van der Waals surface area contributed by atoms with E-state index in [9.17, 15) is 13.6 Å². The highest BCUT2D eigenvalue weighted by atomic mass is 32.1. The number of thiocarbonyl (C=S) groups is 1. The van der Waals surface area contributed by atoms with Crippen LogP contribution in [0.5, 0.6) is 5.75 Å². The summed E-state index contributed by atoms with van der Waals surface area (Å²) in [5.41, 5.74) is 0.356. The van der Waals surface area contributed by atoms with E-state index in [0.717, 1.165) is 6.07 Å². The van der Waals surface area contributed by atoms with Gasteiger partial charge in [0.2, 0.25) is 5.82 Å². The first kappa shape index (κ1) is 19.8. The second-order valence-corrected chi connectivity index (χ2v) is 7.02. The maximum Gasteiger partial charge on any atom is 0.291 e. The SMILES string of the molecule is CN1C(=S)C(NC(=O)c2ncn(Cc3cc(F)cc(F)c3)n2)COc2cccnc21. The van der Waals surface area contributed by atoms with E-state index in [2.05, 4.69) is 20.4 Å². The van der Waals surface area contributed by atoms with Gasteiger partial charge in [-0.05, 0) is 29.8 Å². The van der Waals surface area contributed by atoms with Crippen LogP contribution in [0.15, 0.2) is 42.9 Å². The number of rotatable bonds is 4. The normalized spacial score (nSPS) is 15.9. The van der Waals surface area contributed by atoms with Crippen molar-refractivity contribution in [2.24, 2.45) is 0 Å². The lowest BCUT2D eigenvalue weighted by Gasteiger charge is -2.22. The lowest BCUT2D eigenvalue weighted by Crippen LogP contribution is -2.48. The van der Waals surface area contributed by atoms with Crippen LogP contribution in [0.25, 0.3) is 0 Å². The van der Waals surface area contributed by atoms with Crippen LogP contribution in [0.3, 0.4) is 0 Å². The molecular weight excluding hydrogens is 414 g/mol. The van der Waals surface area contributed by atoms with E-state index in [4.69, 9.17) is 17.0 Å². The number of hydrogen-bond donors (Lipinski definition) is 1. The van der Waals surface area contributed by atoms with Crippen molar-refractivity contribution in [1.82, 2.24) is 25.1 Å². The van der Waals surface area contributed by atoms with Gasteiger partial charge in [-0.25, -0.2) is 23.4 Å². The molecule has 0 aliphatic carbocycles.